The van der Waals surface area contributed by atoms with Crippen LogP contribution in [0.1, 0.15) is 142 Å². The molecule has 58 heavy (non-hydrogen) atoms. The molecule has 0 radical (unpaired) electrons. The van der Waals surface area contributed by atoms with Crippen molar-refractivity contribution < 1.29 is 28.7 Å². The minimum atomic E-state index is -0.615. The Morgan fingerprint density at radius 2 is 1.03 bits per heavy atom. The summed E-state index contributed by atoms with van der Waals surface area (Å²) in [7, 11) is 3.08. The van der Waals surface area contributed by atoms with Crippen molar-refractivity contribution in [3.8, 4) is 11.8 Å². The number of ketones is 2. The molecule has 0 aliphatic rings. The van der Waals surface area contributed by atoms with Gasteiger partial charge in [0, 0.05) is 49.1 Å². The number of hydrogen-bond donors (Lipinski definition) is 0. The second-order valence-corrected chi connectivity index (χ2v) is 16.8. The fourth-order valence-electron chi connectivity index (χ4n) is 6.14. The van der Waals surface area contributed by atoms with Gasteiger partial charge in [-0.25, -0.2) is 15.0 Å². The van der Waals surface area contributed by atoms with Gasteiger partial charge in [0.1, 0.15) is 24.1 Å². The van der Waals surface area contributed by atoms with Gasteiger partial charge < -0.3 is 23.8 Å². The van der Waals surface area contributed by atoms with Crippen LogP contribution in [0, 0.1) is 10.8 Å². The number of nitrogens with zero attached hydrogens (tertiary/aromatic N) is 8. The van der Waals surface area contributed by atoms with E-state index in [1.54, 1.807) is 47.7 Å². The van der Waals surface area contributed by atoms with Gasteiger partial charge in [0.25, 0.3) is 0 Å². The van der Waals surface area contributed by atoms with E-state index >= 15 is 0 Å². The number of unbranched alkanes of at least 4 members (excludes halogenated alkanes) is 4. The van der Waals surface area contributed by atoms with Crippen LogP contribution < -0.4 is 9.47 Å². The van der Waals surface area contributed by atoms with Gasteiger partial charge in [0.2, 0.25) is 35.1 Å². The smallest absolute Gasteiger partial charge is 0.242 e. The maximum atomic E-state index is 13.2. The molecule has 4 aromatic rings. The lowest BCUT2D eigenvalue weighted by Crippen LogP contribution is -2.36. The quantitative estimate of drug-likeness (QED) is 0.0799. The van der Waals surface area contributed by atoms with Gasteiger partial charge in [0.05, 0.1) is 25.9 Å². The van der Waals surface area contributed by atoms with Crippen LogP contribution in [0.2, 0.25) is 0 Å². The van der Waals surface area contributed by atoms with Crippen LogP contribution >= 0.6 is 0 Å². The van der Waals surface area contributed by atoms with E-state index in [-0.39, 0.29) is 42.3 Å². The van der Waals surface area contributed by atoms with Crippen LogP contribution in [-0.2, 0) is 22.7 Å². The lowest BCUT2D eigenvalue weighted by atomic mass is 9.90. The van der Waals surface area contributed by atoms with E-state index in [0.29, 0.717) is 39.8 Å². The molecule has 4 aromatic heterocycles. The minimum absolute atomic E-state index is 0.00457. The lowest BCUT2D eigenvalue weighted by Gasteiger charge is -2.24. The van der Waals surface area contributed by atoms with Crippen molar-refractivity contribution in [1.29, 1.82) is 0 Å². The number of carbonyl (C=O) groups is 4. The highest BCUT2D eigenvalue weighted by Crippen LogP contribution is 2.27. The maximum Gasteiger partial charge on any atom is 0.242 e. The summed E-state index contributed by atoms with van der Waals surface area (Å²) in [5.74, 6) is 1.19. The summed E-state index contributed by atoms with van der Waals surface area (Å²) in [5.41, 5.74) is 1.12. The topological polar surface area (TPSA) is 155 Å². The Bertz CT molecular complexity index is 1830. The molecule has 2 amide bonds. The van der Waals surface area contributed by atoms with Gasteiger partial charge in [-0.3, -0.25) is 23.7 Å². The Morgan fingerprint density at radius 3 is 1.47 bits per heavy atom. The van der Waals surface area contributed by atoms with E-state index in [4.69, 9.17) is 9.47 Å². The molecule has 0 aliphatic heterocycles. The van der Waals surface area contributed by atoms with Crippen molar-refractivity contribution in [2.24, 2.45) is 10.8 Å². The number of amides is 2. The molecule has 4 heterocycles. The molecule has 0 atom stereocenters. The van der Waals surface area contributed by atoms with Crippen molar-refractivity contribution in [3.05, 3.63) is 36.0 Å². The number of pyridine rings is 2. The van der Waals surface area contributed by atoms with Crippen molar-refractivity contribution in [3.63, 3.8) is 0 Å². The molecule has 0 fully saturated rings. The second-order valence-electron chi connectivity index (χ2n) is 16.8. The summed E-state index contributed by atoms with van der Waals surface area (Å²) in [4.78, 5) is 73.9. The molecule has 0 saturated heterocycles. The molecule has 0 bridgehead atoms. The molecule has 4 rings (SSSR count). The van der Waals surface area contributed by atoms with Crippen molar-refractivity contribution in [1.82, 2.24) is 38.9 Å². The number of rotatable bonds is 20. The van der Waals surface area contributed by atoms with E-state index in [9.17, 15) is 19.2 Å². The Hall–Kier alpha value is -4.88. The maximum absolute atomic E-state index is 13.2. The lowest BCUT2D eigenvalue weighted by molar-refractivity contribution is -0.132. The van der Waals surface area contributed by atoms with Gasteiger partial charge >= 0.3 is 0 Å². The highest BCUT2D eigenvalue weighted by Gasteiger charge is 2.31. The molecule has 320 valence electrons. The molecule has 0 saturated carbocycles. The number of aromatic nitrogens is 6. The Kier molecular flexibility index (Phi) is 17.8. The molecule has 0 unspecified atom stereocenters. The number of methoxy groups -OCH3 is 2. The van der Waals surface area contributed by atoms with Crippen LogP contribution in [0.15, 0.2) is 24.4 Å². The molecule has 0 aromatic carbocycles. The Balaban J connectivity index is 0.000000310. The highest BCUT2D eigenvalue weighted by molar-refractivity contribution is 6.01. The first-order valence-electron chi connectivity index (χ1n) is 20.9. The standard InChI is InChI=1S/2C22H34N4O3/c1-7-9-13-25(14-10-8-2)18(27)15-26-20-16(11-12-17(24-20)29-6)23-21(26)19(28)22(3,4)5;1-7-9-11-25(12-10-8-2)19(27)15-26-17-13-18(29-6)23-14-16(17)24-21(26)20(28)22(3,4)5/h11-12H,7-10,13-15H2,1-6H3;13-14H,7-12,15H2,1-6H3. The molecule has 0 aliphatic carbocycles. The van der Waals surface area contributed by atoms with E-state index in [0.717, 1.165) is 77.5 Å². The molecule has 14 heteroatoms. The summed E-state index contributed by atoms with van der Waals surface area (Å²) in [6.45, 7) is 22.6. The number of hydrogen-bond acceptors (Lipinski definition) is 10. The normalized spacial score (nSPS) is 11.7. The predicted molar refractivity (Wildman–Crippen MR) is 229 cm³/mol. The monoisotopic (exact) mass is 805 g/mol. The van der Waals surface area contributed by atoms with Crippen molar-refractivity contribution in [2.75, 3.05) is 40.4 Å². The van der Waals surface area contributed by atoms with Crippen LogP contribution in [0.3, 0.4) is 0 Å². The average molecular weight is 805 g/mol. The number of Topliss-reactive ketones (excluding diaryl/α,β-unsaturated/α-hetero) is 2. The third-order valence-electron chi connectivity index (χ3n) is 9.78. The van der Waals surface area contributed by atoms with Crippen LogP contribution in [0.25, 0.3) is 22.2 Å². The average Bonchev–Trinajstić information content (AvgIpc) is 3.73. The minimum Gasteiger partial charge on any atom is -0.481 e. The Morgan fingerprint density at radius 1 is 0.603 bits per heavy atom. The predicted octanol–water partition coefficient (Wildman–Crippen LogP) is 8.20. The largest absolute Gasteiger partial charge is 0.481 e. The van der Waals surface area contributed by atoms with E-state index in [1.165, 1.54) is 0 Å². The molecule has 0 spiro atoms. The number of carbonyl (C=O) groups excluding carboxylic acids is 4. The zero-order valence-electron chi connectivity index (χ0n) is 37.2. The second kappa shape index (κ2) is 21.8. The first-order valence-corrected chi connectivity index (χ1v) is 20.9. The van der Waals surface area contributed by atoms with Gasteiger partial charge in [-0.05, 0) is 31.7 Å². The zero-order chi connectivity index (χ0) is 43.2. The summed E-state index contributed by atoms with van der Waals surface area (Å²) >= 11 is 0. The summed E-state index contributed by atoms with van der Waals surface area (Å²) in [6, 6.07) is 5.21. The fraction of sp³-hybridized carbons (Fsp3) is 0.636. The van der Waals surface area contributed by atoms with Gasteiger partial charge in [-0.2, -0.15) is 4.98 Å². The third kappa shape index (κ3) is 12.6. The van der Waals surface area contributed by atoms with E-state index < -0.39 is 10.8 Å². The Labute approximate surface area is 345 Å². The zero-order valence-corrected chi connectivity index (χ0v) is 37.2. The van der Waals surface area contributed by atoms with Gasteiger partial charge in [-0.1, -0.05) is 94.9 Å². The summed E-state index contributed by atoms with van der Waals surface area (Å²) in [6.07, 6.45) is 9.53. The van der Waals surface area contributed by atoms with Gasteiger partial charge in [-0.15, -0.1) is 0 Å². The van der Waals surface area contributed by atoms with Crippen LogP contribution in [0.4, 0.5) is 0 Å². The first-order chi connectivity index (χ1) is 27.4. The molecular weight excluding hydrogens is 737 g/mol. The molecule has 0 N–H and O–H groups in total. The van der Waals surface area contributed by atoms with Crippen LogP contribution in [0.5, 0.6) is 11.8 Å². The number of imidazole rings is 2. The van der Waals surface area contributed by atoms with Crippen LogP contribution in [-0.4, -0.2) is 103 Å². The SMILES string of the molecule is CCCCN(CCCC)C(=O)Cn1c(C(=O)C(C)(C)C)nc2ccc(OC)nc21.CCCCN(CCCC)C(=O)Cn1c(C(=O)C(C)(C)C)nc2cnc(OC)cc21. The van der Waals surface area contributed by atoms with Gasteiger partial charge in [0.15, 0.2) is 17.3 Å². The van der Waals surface area contributed by atoms with E-state index in [2.05, 4.69) is 47.6 Å². The fourth-order valence-corrected chi connectivity index (χ4v) is 6.14. The summed E-state index contributed by atoms with van der Waals surface area (Å²) in [5, 5.41) is 0. The van der Waals surface area contributed by atoms with Crippen molar-refractivity contribution >= 4 is 45.6 Å². The third-order valence-corrected chi connectivity index (χ3v) is 9.78. The molecular formula is C44H68N8O6. The first kappa shape index (κ1) is 47.5. The highest BCUT2D eigenvalue weighted by atomic mass is 16.5. The molecule has 14 nitrogen and oxygen atoms in total. The summed E-state index contributed by atoms with van der Waals surface area (Å²) < 4.78 is 13.9. The number of ether oxygens (including phenoxy) is 2. The van der Waals surface area contributed by atoms with Crippen molar-refractivity contribution in [2.45, 2.75) is 134 Å². The van der Waals surface area contributed by atoms with E-state index in [1.807, 2.05) is 51.3 Å². The number of fused-ring (bicyclic) bond motifs is 2.